The monoisotopic (exact) mass is 465 g/mol. The third-order valence-corrected chi connectivity index (χ3v) is 6.43. The summed E-state index contributed by atoms with van der Waals surface area (Å²) in [4.78, 5) is 27.6. The second-order valence-electron chi connectivity index (χ2n) is 7.18. The maximum atomic E-state index is 13.1. The smallest absolute Gasteiger partial charge is 0.255 e. The predicted octanol–water partition coefficient (Wildman–Crippen LogP) is 3.92. The number of rotatable bonds is 8. The lowest BCUT2D eigenvalue weighted by atomic mass is 10.1. The molecule has 0 aromatic heterocycles. The van der Waals surface area contributed by atoms with Crippen molar-refractivity contribution in [1.29, 1.82) is 0 Å². The Balaban J connectivity index is 2.41. The summed E-state index contributed by atoms with van der Waals surface area (Å²) in [5.41, 5.74) is 1.65. The van der Waals surface area contributed by atoms with Crippen LogP contribution in [0.1, 0.15) is 36.7 Å². The molecule has 7 nitrogen and oxygen atoms in total. The predicted molar refractivity (Wildman–Crippen MR) is 125 cm³/mol. The highest BCUT2D eigenvalue weighted by molar-refractivity contribution is 7.92. The van der Waals surface area contributed by atoms with Crippen molar-refractivity contribution >= 4 is 44.8 Å². The molecular weight excluding hydrogens is 438 g/mol. The fourth-order valence-electron chi connectivity index (χ4n) is 3.30. The van der Waals surface area contributed by atoms with Crippen molar-refractivity contribution < 1.29 is 18.0 Å². The Morgan fingerprint density at radius 1 is 1.10 bits per heavy atom. The first-order valence-corrected chi connectivity index (χ1v) is 12.2. The quantitative estimate of drug-likeness (QED) is 0.640. The zero-order valence-corrected chi connectivity index (χ0v) is 19.9. The van der Waals surface area contributed by atoms with Gasteiger partial charge in [-0.15, -0.1) is 0 Å². The van der Waals surface area contributed by atoms with Crippen molar-refractivity contribution in [3.63, 3.8) is 0 Å². The summed E-state index contributed by atoms with van der Waals surface area (Å²) in [6, 6.07) is 10.5. The van der Waals surface area contributed by atoms with Gasteiger partial charge in [-0.25, -0.2) is 8.42 Å². The molecule has 2 rings (SSSR count). The molecule has 0 bridgehead atoms. The molecule has 2 aromatic carbocycles. The number of sulfonamides is 1. The largest absolute Gasteiger partial charge is 0.339 e. The van der Waals surface area contributed by atoms with E-state index in [9.17, 15) is 18.0 Å². The molecule has 2 aromatic rings. The highest BCUT2D eigenvalue weighted by atomic mass is 35.5. The van der Waals surface area contributed by atoms with Gasteiger partial charge in [0.2, 0.25) is 15.9 Å². The minimum absolute atomic E-state index is 0.209. The van der Waals surface area contributed by atoms with Crippen LogP contribution < -0.4 is 9.62 Å². The molecule has 0 radical (unpaired) electrons. The topological polar surface area (TPSA) is 86.8 Å². The molecule has 1 atom stereocenters. The molecule has 0 saturated carbocycles. The molecule has 2 amide bonds. The highest BCUT2D eigenvalue weighted by Gasteiger charge is 2.31. The molecule has 168 valence electrons. The van der Waals surface area contributed by atoms with Gasteiger partial charge in [-0.05, 0) is 57.5 Å². The van der Waals surface area contributed by atoms with Crippen LogP contribution in [0.3, 0.4) is 0 Å². The van der Waals surface area contributed by atoms with E-state index >= 15 is 0 Å². The van der Waals surface area contributed by atoms with E-state index in [0.29, 0.717) is 40.6 Å². The molecule has 0 spiro atoms. The highest BCUT2D eigenvalue weighted by Crippen LogP contribution is 2.29. The number of aryl methyl sites for hydroxylation is 1. The molecule has 0 aliphatic heterocycles. The van der Waals surface area contributed by atoms with Crippen LogP contribution in [0.4, 0.5) is 11.4 Å². The van der Waals surface area contributed by atoms with Crippen LogP contribution in [-0.4, -0.2) is 50.5 Å². The zero-order chi connectivity index (χ0) is 23.3. The second-order valence-corrected chi connectivity index (χ2v) is 9.47. The lowest BCUT2D eigenvalue weighted by Gasteiger charge is -2.30. The van der Waals surface area contributed by atoms with Gasteiger partial charge in [0.05, 0.1) is 23.2 Å². The number of nitrogens with one attached hydrogen (secondary N) is 1. The number of anilines is 2. The first kappa shape index (κ1) is 24.7. The minimum Gasteiger partial charge on any atom is -0.339 e. The van der Waals surface area contributed by atoms with Crippen LogP contribution >= 0.6 is 11.6 Å². The Labute approximate surface area is 189 Å². The molecule has 0 fully saturated rings. The molecule has 0 unspecified atom stereocenters. The van der Waals surface area contributed by atoms with Crippen LogP contribution in [0.25, 0.3) is 0 Å². The minimum atomic E-state index is -3.80. The fourth-order valence-corrected chi connectivity index (χ4v) is 4.69. The summed E-state index contributed by atoms with van der Waals surface area (Å²) in [6.45, 7) is 8.05. The number of carbonyl (C=O) groups is 2. The molecule has 31 heavy (non-hydrogen) atoms. The molecule has 9 heteroatoms. The Morgan fingerprint density at radius 3 is 2.29 bits per heavy atom. The number of amides is 2. The van der Waals surface area contributed by atoms with Crippen LogP contribution in [-0.2, 0) is 14.8 Å². The first-order valence-electron chi connectivity index (χ1n) is 9.95. The van der Waals surface area contributed by atoms with E-state index in [1.165, 1.54) is 13.0 Å². The second kappa shape index (κ2) is 10.2. The summed E-state index contributed by atoms with van der Waals surface area (Å²) in [5.74, 6) is -0.774. The van der Waals surface area contributed by atoms with Gasteiger partial charge in [-0.3, -0.25) is 13.9 Å². The Hall–Kier alpha value is -2.58. The Bertz CT molecular complexity index is 1070. The number of hydrogen-bond donors (Lipinski definition) is 1. The lowest BCUT2D eigenvalue weighted by Crippen LogP contribution is -2.46. The summed E-state index contributed by atoms with van der Waals surface area (Å²) >= 11 is 6.07. The van der Waals surface area contributed by atoms with Gasteiger partial charge < -0.3 is 10.2 Å². The standard InChI is InChI=1S/C22H28ClN3O4S/c1-6-25(7-2)22(28)18-10-8-9-11-19(18)24-21(27)16(4)26(31(5,29)30)20-14-17(23)13-12-15(20)3/h8-14,16H,6-7H2,1-5H3,(H,24,27)/t16-/m0/s1. The van der Waals surface area contributed by atoms with Crippen molar-refractivity contribution in [2.24, 2.45) is 0 Å². The van der Waals surface area contributed by atoms with Gasteiger partial charge in [0.25, 0.3) is 5.91 Å². The van der Waals surface area contributed by atoms with Crippen molar-refractivity contribution in [3.05, 3.63) is 58.6 Å². The van der Waals surface area contributed by atoms with Crippen molar-refractivity contribution in [3.8, 4) is 0 Å². The lowest BCUT2D eigenvalue weighted by molar-refractivity contribution is -0.116. The van der Waals surface area contributed by atoms with E-state index < -0.39 is 22.0 Å². The Morgan fingerprint density at radius 2 is 1.71 bits per heavy atom. The van der Waals surface area contributed by atoms with Crippen LogP contribution in [0.2, 0.25) is 5.02 Å². The maximum Gasteiger partial charge on any atom is 0.255 e. The molecule has 0 aliphatic carbocycles. The van der Waals surface area contributed by atoms with Crippen LogP contribution in [0, 0.1) is 6.92 Å². The summed E-state index contributed by atoms with van der Waals surface area (Å²) in [5, 5.41) is 3.08. The number of carbonyl (C=O) groups excluding carboxylic acids is 2. The molecular formula is C22H28ClN3O4S. The number of hydrogen-bond acceptors (Lipinski definition) is 4. The average Bonchev–Trinajstić information content (AvgIpc) is 2.70. The van der Waals surface area contributed by atoms with E-state index in [4.69, 9.17) is 11.6 Å². The summed E-state index contributed by atoms with van der Waals surface area (Å²) in [6.07, 6.45) is 1.04. The summed E-state index contributed by atoms with van der Waals surface area (Å²) < 4.78 is 26.2. The number of halogens is 1. The van der Waals surface area contributed by atoms with Gasteiger partial charge >= 0.3 is 0 Å². The van der Waals surface area contributed by atoms with Crippen LogP contribution in [0.5, 0.6) is 0 Å². The third-order valence-electron chi connectivity index (χ3n) is 4.96. The fraction of sp³-hybridized carbons (Fsp3) is 0.364. The number of nitrogens with zero attached hydrogens (tertiary/aromatic N) is 2. The molecule has 1 N–H and O–H groups in total. The van der Waals surface area contributed by atoms with E-state index in [2.05, 4.69) is 5.32 Å². The number of benzene rings is 2. The van der Waals surface area contributed by atoms with Crippen LogP contribution in [0.15, 0.2) is 42.5 Å². The van der Waals surface area contributed by atoms with Gasteiger partial charge in [0, 0.05) is 18.1 Å². The molecule has 0 saturated heterocycles. The van der Waals surface area contributed by atoms with E-state index in [1.807, 2.05) is 13.8 Å². The first-order chi connectivity index (χ1) is 14.5. The van der Waals surface area contributed by atoms with Crippen molar-refractivity contribution in [2.45, 2.75) is 33.7 Å². The molecule has 0 heterocycles. The SMILES string of the molecule is CCN(CC)C(=O)c1ccccc1NC(=O)[C@H](C)N(c1cc(Cl)ccc1C)S(C)(=O)=O. The van der Waals surface area contributed by atoms with Gasteiger partial charge in [0.1, 0.15) is 6.04 Å². The maximum absolute atomic E-state index is 13.1. The Kier molecular flexibility index (Phi) is 8.08. The van der Waals surface area contributed by atoms with Crippen molar-refractivity contribution in [1.82, 2.24) is 4.90 Å². The van der Waals surface area contributed by atoms with Gasteiger partial charge in [-0.2, -0.15) is 0 Å². The average molecular weight is 466 g/mol. The zero-order valence-electron chi connectivity index (χ0n) is 18.3. The van der Waals surface area contributed by atoms with Gasteiger partial charge in [-0.1, -0.05) is 29.8 Å². The van der Waals surface area contributed by atoms with Gasteiger partial charge in [0.15, 0.2) is 0 Å². The summed E-state index contributed by atoms with van der Waals surface area (Å²) in [7, 11) is -3.80. The van der Waals surface area contributed by atoms with E-state index in [-0.39, 0.29) is 5.91 Å². The third kappa shape index (κ3) is 5.77. The van der Waals surface area contributed by atoms with E-state index in [1.54, 1.807) is 48.2 Å². The van der Waals surface area contributed by atoms with E-state index in [0.717, 1.165) is 10.6 Å². The normalized spacial score (nSPS) is 12.2. The van der Waals surface area contributed by atoms with Crippen molar-refractivity contribution in [2.75, 3.05) is 29.0 Å². The number of para-hydroxylation sites is 1. The molecule has 0 aliphatic rings.